The minimum Gasteiger partial charge on any atom is -0.478 e. The van der Waals surface area contributed by atoms with Gasteiger partial charge in [0.25, 0.3) is 0 Å². The number of allylic oxidation sites excluding steroid dienone is 2. The number of rotatable bonds is 4. The zero-order chi connectivity index (χ0) is 9.56. The molecule has 0 spiro atoms. The Morgan fingerprint density at radius 3 is 2.17 bits per heavy atom. The van der Waals surface area contributed by atoms with Crippen LogP contribution in [0.15, 0.2) is 36.5 Å². The zero-order valence-electron chi connectivity index (χ0n) is 6.23. The quantitative estimate of drug-likeness (QED) is 0.481. The van der Waals surface area contributed by atoms with Crippen molar-refractivity contribution in [3.05, 3.63) is 36.5 Å². The summed E-state index contributed by atoms with van der Waals surface area (Å²) in [5.74, 6) is -2.57. The molecule has 0 fully saturated rings. The number of hydrogen-bond acceptors (Lipinski definition) is 2. The normalized spacial score (nSPS) is 11.5. The first-order valence-electron chi connectivity index (χ1n) is 3.05. The number of hydrogen-bond donors (Lipinski definition) is 2. The molecular formula is C8H8O4. The highest BCUT2D eigenvalue weighted by Crippen LogP contribution is 1.96. The van der Waals surface area contributed by atoms with Gasteiger partial charge >= 0.3 is 11.9 Å². The lowest BCUT2D eigenvalue weighted by Gasteiger charge is -1.90. The van der Waals surface area contributed by atoms with Crippen LogP contribution in [-0.2, 0) is 9.59 Å². The number of carboxylic acid groups (broad SMARTS) is 2. The molecule has 0 radical (unpaired) electrons. The Labute approximate surface area is 69.1 Å². The Bertz CT molecular complexity index is 260. The molecule has 0 amide bonds. The van der Waals surface area contributed by atoms with Crippen LogP contribution >= 0.6 is 0 Å². The van der Waals surface area contributed by atoms with E-state index >= 15 is 0 Å². The smallest absolute Gasteiger partial charge is 0.335 e. The molecule has 4 heteroatoms. The maximum atomic E-state index is 10.3. The molecule has 64 valence electrons. The van der Waals surface area contributed by atoms with Gasteiger partial charge < -0.3 is 10.2 Å². The van der Waals surface area contributed by atoms with Gasteiger partial charge in [0.15, 0.2) is 0 Å². The average molecular weight is 168 g/mol. The Morgan fingerprint density at radius 1 is 1.25 bits per heavy atom. The van der Waals surface area contributed by atoms with Crippen LogP contribution in [0.3, 0.4) is 0 Å². The molecule has 0 aliphatic rings. The van der Waals surface area contributed by atoms with Crippen LogP contribution in [0.4, 0.5) is 0 Å². The molecule has 0 rings (SSSR count). The van der Waals surface area contributed by atoms with E-state index in [0.29, 0.717) is 6.08 Å². The van der Waals surface area contributed by atoms with Crippen LogP contribution in [0.5, 0.6) is 0 Å². The van der Waals surface area contributed by atoms with Crippen LogP contribution in [0.25, 0.3) is 0 Å². The molecule has 0 atom stereocenters. The summed E-state index contributed by atoms with van der Waals surface area (Å²) in [4.78, 5) is 20.4. The highest BCUT2D eigenvalue weighted by atomic mass is 16.4. The SMILES string of the molecule is C=CC=C/C(=C/C(=O)O)C(=O)O. The first-order chi connectivity index (χ1) is 5.57. The minimum atomic E-state index is -1.29. The molecule has 4 nitrogen and oxygen atoms in total. The molecular weight excluding hydrogens is 160 g/mol. The van der Waals surface area contributed by atoms with E-state index in [0.717, 1.165) is 6.08 Å². The maximum absolute atomic E-state index is 10.3. The fourth-order valence-electron chi connectivity index (χ4n) is 0.486. The van der Waals surface area contributed by atoms with Gasteiger partial charge in [-0.1, -0.05) is 18.7 Å². The highest BCUT2D eigenvalue weighted by molar-refractivity contribution is 5.97. The van der Waals surface area contributed by atoms with E-state index < -0.39 is 11.9 Å². The lowest BCUT2D eigenvalue weighted by atomic mass is 10.2. The molecule has 2 N–H and O–H groups in total. The summed E-state index contributed by atoms with van der Waals surface area (Å²) in [6, 6.07) is 0. The number of carboxylic acids is 2. The van der Waals surface area contributed by atoms with Gasteiger partial charge in [0.2, 0.25) is 0 Å². The van der Waals surface area contributed by atoms with Crippen molar-refractivity contribution in [3.63, 3.8) is 0 Å². The standard InChI is InChI=1S/C8H8O4/c1-2-3-4-6(8(11)12)5-7(9)10/h2-5H,1H2,(H,9,10)(H,11,12)/b4-3?,6-5-. The molecule has 0 aromatic heterocycles. The van der Waals surface area contributed by atoms with Crippen molar-refractivity contribution < 1.29 is 19.8 Å². The van der Waals surface area contributed by atoms with Gasteiger partial charge in [0, 0.05) is 6.08 Å². The van der Waals surface area contributed by atoms with Crippen molar-refractivity contribution in [3.8, 4) is 0 Å². The second-order valence-corrected chi connectivity index (χ2v) is 1.84. The van der Waals surface area contributed by atoms with E-state index in [-0.39, 0.29) is 5.57 Å². The van der Waals surface area contributed by atoms with E-state index in [2.05, 4.69) is 6.58 Å². The molecule has 0 aliphatic carbocycles. The molecule has 0 aromatic rings. The molecule has 0 saturated carbocycles. The van der Waals surface area contributed by atoms with Gasteiger partial charge in [0.1, 0.15) is 0 Å². The summed E-state index contributed by atoms with van der Waals surface area (Å²) in [5.41, 5.74) is -0.289. The predicted octanol–water partition coefficient (Wildman–Crippen LogP) is 0.824. The molecule has 0 heterocycles. The van der Waals surface area contributed by atoms with Crippen molar-refractivity contribution in [1.82, 2.24) is 0 Å². The summed E-state index contributed by atoms with van der Waals surface area (Å²) < 4.78 is 0. The second kappa shape index (κ2) is 4.90. The van der Waals surface area contributed by atoms with Gasteiger partial charge in [-0.05, 0) is 6.08 Å². The van der Waals surface area contributed by atoms with Crippen molar-refractivity contribution >= 4 is 11.9 Å². The van der Waals surface area contributed by atoms with Crippen LogP contribution in [0.2, 0.25) is 0 Å². The predicted molar refractivity (Wildman–Crippen MR) is 42.7 cm³/mol. The molecule has 0 aromatic carbocycles. The van der Waals surface area contributed by atoms with Crippen molar-refractivity contribution in [2.24, 2.45) is 0 Å². The van der Waals surface area contributed by atoms with Crippen LogP contribution in [0.1, 0.15) is 0 Å². The Morgan fingerprint density at radius 2 is 1.83 bits per heavy atom. The fourth-order valence-corrected chi connectivity index (χ4v) is 0.486. The van der Waals surface area contributed by atoms with Gasteiger partial charge in [-0.25, -0.2) is 9.59 Å². The van der Waals surface area contributed by atoms with E-state index in [1.165, 1.54) is 12.2 Å². The summed E-state index contributed by atoms with van der Waals surface area (Å²) in [7, 11) is 0. The average Bonchev–Trinajstić information content (AvgIpc) is 1.96. The summed E-state index contributed by atoms with van der Waals surface area (Å²) in [5, 5.41) is 16.7. The lowest BCUT2D eigenvalue weighted by Crippen LogP contribution is -2.01. The molecule has 0 bridgehead atoms. The van der Waals surface area contributed by atoms with Crippen LogP contribution < -0.4 is 0 Å². The van der Waals surface area contributed by atoms with Gasteiger partial charge in [-0.2, -0.15) is 0 Å². The molecule has 0 aliphatic heterocycles. The van der Waals surface area contributed by atoms with Gasteiger partial charge in [-0.3, -0.25) is 0 Å². The first-order valence-corrected chi connectivity index (χ1v) is 3.05. The number of carbonyl (C=O) groups is 2. The third-order valence-corrected chi connectivity index (χ3v) is 0.938. The molecule has 12 heavy (non-hydrogen) atoms. The number of aliphatic carboxylic acids is 2. The topological polar surface area (TPSA) is 74.6 Å². The van der Waals surface area contributed by atoms with E-state index in [9.17, 15) is 9.59 Å². The lowest BCUT2D eigenvalue weighted by molar-refractivity contribution is -0.134. The van der Waals surface area contributed by atoms with Gasteiger partial charge in [0.05, 0.1) is 5.57 Å². The summed E-state index contributed by atoms with van der Waals surface area (Å²) >= 11 is 0. The second-order valence-electron chi connectivity index (χ2n) is 1.84. The molecule has 0 unspecified atom stereocenters. The summed E-state index contributed by atoms with van der Waals surface area (Å²) in [6.07, 6.45) is 4.48. The summed E-state index contributed by atoms with van der Waals surface area (Å²) in [6.45, 7) is 3.32. The Balaban J connectivity index is 4.66. The van der Waals surface area contributed by atoms with Crippen molar-refractivity contribution in [1.29, 1.82) is 0 Å². The minimum absolute atomic E-state index is 0.289. The van der Waals surface area contributed by atoms with Crippen LogP contribution in [-0.4, -0.2) is 22.2 Å². The monoisotopic (exact) mass is 168 g/mol. The Hall–Kier alpha value is -1.84. The van der Waals surface area contributed by atoms with E-state index in [1.54, 1.807) is 0 Å². The third-order valence-electron chi connectivity index (χ3n) is 0.938. The fraction of sp³-hybridized carbons (Fsp3) is 0. The first kappa shape index (κ1) is 10.2. The Kier molecular flexibility index (Phi) is 4.15. The van der Waals surface area contributed by atoms with Crippen molar-refractivity contribution in [2.75, 3.05) is 0 Å². The maximum Gasteiger partial charge on any atom is 0.335 e. The van der Waals surface area contributed by atoms with Crippen molar-refractivity contribution in [2.45, 2.75) is 0 Å². The van der Waals surface area contributed by atoms with E-state index in [1.807, 2.05) is 0 Å². The van der Waals surface area contributed by atoms with Crippen LogP contribution in [0, 0.1) is 0 Å². The highest BCUT2D eigenvalue weighted by Gasteiger charge is 2.04. The third kappa shape index (κ3) is 4.05. The molecule has 0 saturated heterocycles. The van der Waals surface area contributed by atoms with E-state index in [4.69, 9.17) is 10.2 Å². The van der Waals surface area contributed by atoms with Gasteiger partial charge in [-0.15, -0.1) is 0 Å². The largest absolute Gasteiger partial charge is 0.478 e. The zero-order valence-corrected chi connectivity index (χ0v) is 6.23.